The molecule has 0 aromatic carbocycles. The molecule has 0 radical (unpaired) electrons. The lowest BCUT2D eigenvalue weighted by molar-refractivity contribution is -0.190. The molecule has 0 bridgehead atoms. The predicted molar refractivity (Wildman–Crippen MR) is 129 cm³/mol. The van der Waals surface area contributed by atoms with Crippen molar-refractivity contribution in [3.8, 4) is 0 Å². The van der Waals surface area contributed by atoms with Gasteiger partial charge in [0.1, 0.15) is 0 Å². The Morgan fingerprint density at radius 2 is 1.73 bits per heavy atom. The van der Waals surface area contributed by atoms with E-state index in [4.69, 9.17) is 0 Å². The summed E-state index contributed by atoms with van der Waals surface area (Å²) in [6, 6.07) is 0. The summed E-state index contributed by atoms with van der Waals surface area (Å²) in [5.74, 6) is -0.0277. The third-order valence-corrected chi connectivity index (χ3v) is 12.1. The molecule has 0 aromatic heterocycles. The van der Waals surface area contributed by atoms with E-state index in [2.05, 4.69) is 40.7 Å². The molecule has 3 N–H and O–H groups in total. The van der Waals surface area contributed by atoms with Crippen LogP contribution in [0.25, 0.3) is 0 Å². The maximum Gasteiger partial charge on any atom is 0.310 e. The van der Waals surface area contributed by atoms with Crippen LogP contribution in [0.5, 0.6) is 0 Å². The molecule has 33 heavy (non-hydrogen) atoms. The van der Waals surface area contributed by atoms with Crippen molar-refractivity contribution in [3.63, 3.8) is 0 Å². The van der Waals surface area contributed by atoms with Gasteiger partial charge in [-0.3, -0.25) is 4.79 Å². The summed E-state index contributed by atoms with van der Waals surface area (Å²) < 4.78 is 0. The van der Waals surface area contributed by atoms with Crippen molar-refractivity contribution >= 4 is 5.97 Å². The highest BCUT2D eigenvalue weighted by Gasteiger charge is 2.69. The van der Waals surface area contributed by atoms with E-state index in [1.165, 1.54) is 16.7 Å². The standard InChI is InChI=1S/C29H44O4/c1-17-9-12-29(24(31)32)14-13-27(5)21(23(29)28(17,6)33)8-7-20-22-18(16-30)15-25(2,3)19(22)10-11-26(20,27)4/h8,17,19-20,23,30,33H,7,9-16H2,1-6H3,(H,31,32)/t17-,19-,20-,23-,26-,27-,28-,29+/m1/s1. The fourth-order valence-electron chi connectivity index (χ4n) is 9.75. The Morgan fingerprint density at radius 3 is 2.36 bits per heavy atom. The molecule has 5 rings (SSSR count). The molecule has 4 nitrogen and oxygen atoms in total. The first-order valence-electron chi connectivity index (χ1n) is 13.3. The van der Waals surface area contributed by atoms with E-state index in [9.17, 15) is 20.1 Å². The quantitative estimate of drug-likeness (QED) is 0.463. The highest BCUT2D eigenvalue weighted by atomic mass is 16.4. The van der Waals surface area contributed by atoms with Crippen LogP contribution in [-0.4, -0.2) is 33.5 Å². The van der Waals surface area contributed by atoms with Gasteiger partial charge in [-0.15, -0.1) is 0 Å². The van der Waals surface area contributed by atoms with Crippen molar-refractivity contribution in [2.45, 2.75) is 98.5 Å². The number of carbonyl (C=O) groups is 1. The van der Waals surface area contributed by atoms with Gasteiger partial charge in [-0.1, -0.05) is 51.8 Å². The zero-order valence-corrected chi connectivity index (χ0v) is 21.5. The second-order valence-corrected chi connectivity index (χ2v) is 13.7. The smallest absolute Gasteiger partial charge is 0.310 e. The van der Waals surface area contributed by atoms with Crippen LogP contribution in [0.2, 0.25) is 0 Å². The van der Waals surface area contributed by atoms with Crippen molar-refractivity contribution in [3.05, 3.63) is 22.8 Å². The summed E-state index contributed by atoms with van der Waals surface area (Å²) in [6.45, 7) is 13.7. The van der Waals surface area contributed by atoms with Gasteiger partial charge in [0.2, 0.25) is 0 Å². The molecule has 3 fully saturated rings. The van der Waals surface area contributed by atoms with Gasteiger partial charge in [0.15, 0.2) is 0 Å². The monoisotopic (exact) mass is 456 g/mol. The third kappa shape index (κ3) is 2.74. The Morgan fingerprint density at radius 1 is 1.03 bits per heavy atom. The molecular formula is C29H44O4. The largest absolute Gasteiger partial charge is 0.481 e. The van der Waals surface area contributed by atoms with Gasteiger partial charge in [0.05, 0.1) is 17.6 Å². The fraction of sp³-hybridized carbons (Fsp3) is 0.828. The third-order valence-electron chi connectivity index (χ3n) is 12.1. The van der Waals surface area contributed by atoms with Crippen LogP contribution in [0.4, 0.5) is 0 Å². The average molecular weight is 457 g/mol. The minimum Gasteiger partial charge on any atom is -0.481 e. The predicted octanol–water partition coefficient (Wildman–Crippen LogP) is 5.74. The van der Waals surface area contributed by atoms with Crippen LogP contribution in [0, 0.1) is 45.3 Å². The lowest BCUT2D eigenvalue weighted by Gasteiger charge is -2.67. The van der Waals surface area contributed by atoms with Crippen LogP contribution < -0.4 is 0 Å². The zero-order chi connectivity index (χ0) is 24.2. The molecule has 0 amide bonds. The molecule has 4 heteroatoms. The van der Waals surface area contributed by atoms with E-state index < -0.39 is 17.0 Å². The SMILES string of the molecule is C[C@@H]1CC[C@]2(C(=O)O)CC[C@]3(C)C(=CC[C@@H]4C5=C(CO)CC(C)(C)[C@@H]5CC[C@]43C)[C@@H]2[C@]1(C)O. The van der Waals surface area contributed by atoms with Gasteiger partial charge in [0, 0.05) is 5.92 Å². The number of aliphatic hydroxyl groups excluding tert-OH is 1. The van der Waals surface area contributed by atoms with E-state index in [-0.39, 0.29) is 34.7 Å². The van der Waals surface area contributed by atoms with Crippen molar-refractivity contribution in [2.75, 3.05) is 6.61 Å². The number of aliphatic carboxylic acids is 1. The van der Waals surface area contributed by atoms with E-state index in [1.807, 2.05) is 6.92 Å². The first-order valence-corrected chi connectivity index (χ1v) is 13.3. The Balaban J connectivity index is 1.66. The number of hydrogen-bond acceptors (Lipinski definition) is 3. The second kappa shape index (κ2) is 6.97. The summed E-state index contributed by atoms with van der Waals surface area (Å²) in [4.78, 5) is 12.8. The van der Waals surface area contributed by atoms with Gasteiger partial charge in [-0.05, 0) is 97.9 Å². The van der Waals surface area contributed by atoms with Gasteiger partial charge < -0.3 is 15.3 Å². The molecule has 184 valence electrons. The number of aliphatic hydroxyl groups is 2. The number of carboxylic acid groups (broad SMARTS) is 1. The topological polar surface area (TPSA) is 77.8 Å². The number of allylic oxidation sites excluding steroid dienone is 2. The summed E-state index contributed by atoms with van der Waals surface area (Å²) >= 11 is 0. The molecular weight excluding hydrogens is 412 g/mol. The lowest BCUT2D eigenvalue weighted by atomic mass is 9.37. The number of fused-ring (bicyclic) bond motifs is 7. The van der Waals surface area contributed by atoms with E-state index in [0.29, 0.717) is 24.7 Å². The molecule has 0 saturated heterocycles. The Labute approximate surface area is 199 Å². The highest BCUT2D eigenvalue weighted by Crippen LogP contribution is 2.73. The molecule has 5 aliphatic rings. The minimum atomic E-state index is -1.02. The van der Waals surface area contributed by atoms with Gasteiger partial charge in [-0.25, -0.2) is 0 Å². The average Bonchev–Trinajstić information content (AvgIpc) is 3.01. The molecule has 8 atom stereocenters. The Hall–Kier alpha value is -1.13. The number of rotatable bonds is 2. The van der Waals surface area contributed by atoms with Crippen LogP contribution in [0.1, 0.15) is 92.9 Å². The van der Waals surface area contributed by atoms with Crippen LogP contribution in [-0.2, 0) is 4.79 Å². The first kappa shape index (κ1) is 23.6. The molecule has 0 aliphatic heterocycles. The van der Waals surface area contributed by atoms with E-state index in [0.717, 1.165) is 38.5 Å². The Bertz CT molecular complexity index is 941. The number of carboxylic acids is 1. The Kier molecular flexibility index (Phi) is 4.98. The molecule has 0 spiro atoms. The van der Waals surface area contributed by atoms with Crippen molar-refractivity contribution < 1.29 is 20.1 Å². The summed E-state index contributed by atoms with van der Waals surface area (Å²) in [6.07, 6.45) is 9.47. The fourth-order valence-corrected chi connectivity index (χ4v) is 9.75. The maximum absolute atomic E-state index is 12.8. The zero-order valence-electron chi connectivity index (χ0n) is 21.5. The molecule has 0 heterocycles. The van der Waals surface area contributed by atoms with Crippen LogP contribution >= 0.6 is 0 Å². The van der Waals surface area contributed by atoms with Crippen molar-refractivity contribution in [2.24, 2.45) is 45.3 Å². The highest BCUT2D eigenvalue weighted by molar-refractivity contribution is 5.77. The van der Waals surface area contributed by atoms with Crippen LogP contribution in [0.3, 0.4) is 0 Å². The molecule has 0 aromatic rings. The summed E-state index contributed by atoms with van der Waals surface area (Å²) in [5.41, 5.74) is 2.22. The van der Waals surface area contributed by atoms with E-state index in [1.54, 1.807) is 0 Å². The van der Waals surface area contributed by atoms with Gasteiger partial charge in [-0.2, -0.15) is 0 Å². The van der Waals surface area contributed by atoms with E-state index >= 15 is 0 Å². The maximum atomic E-state index is 12.8. The van der Waals surface area contributed by atoms with Gasteiger partial charge in [0.25, 0.3) is 0 Å². The summed E-state index contributed by atoms with van der Waals surface area (Å²) in [7, 11) is 0. The van der Waals surface area contributed by atoms with Crippen LogP contribution in [0.15, 0.2) is 22.8 Å². The second-order valence-electron chi connectivity index (χ2n) is 13.7. The summed E-state index contributed by atoms with van der Waals surface area (Å²) in [5, 5.41) is 32.6. The number of hydrogen-bond donors (Lipinski definition) is 3. The lowest BCUT2D eigenvalue weighted by Crippen LogP contribution is -2.65. The van der Waals surface area contributed by atoms with Crippen molar-refractivity contribution in [1.82, 2.24) is 0 Å². The van der Waals surface area contributed by atoms with Crippen molar-refractivity contribution in [1.29, 1.82) is 0 Å². The van der Waals surface area contributed by atoms with Gasteiger partial charge >= 0.3 is 5.97 Å². The molecule has 5 aliphatic carbocycles. The first-order chi connectivity index (χ1) is 15.3. The molecule has 3 saturated carbocycles. The minimum absolute atomic E-state index is 0.0190. The normalized spacial score (nSPS) is 50.6. The molecule has 0 unspecified atom stereocenters.